The average molecular weight is 327 g/mol. The van der Waals surface area contributed by atoms with E-state index in [-0.39, 0.29) is 22.9 Å². The van der Waals surface area contributed by atoms with Crippen LogP contribution >= 0.6 is 0 Å². The van der Waals surface area contributed by atoms with E-state index in [1.807, 2.05) is 24.5 Å². The van der Waals surface area contributed by atoms with Crippen LogP contribution in [0.4, 0.5) is 0 Å². The minimum atomic E-state index is -0.261. The van der Waals surface area contributed by atoms with Crippen molar-refractivity contribution in [2.75, 3.05) is 0 Å². The number of amides is 1. The summed E-state index contributed by atoms with van der Waals surface area (Å²) in [5.74, 6) is 0.198. The molecule has 0 saturated heterocycles. The van der Waals surface area contributed by atoms with E-state index in [4.69, 9.17) is 0 Å². The maximum absolute atomic E-state index is 12.8. The zero-order chi connectivity index (χ0) is 17.3. The van der Waals surface area contributed by atoms with Gasteiger partial charge in [0.25, 0.3) is 5.91 Å². The minimum absolute atomic E-state index is 0.160. The maximum Gasteiger partial charge on any atom is 0.257 e. The Morgan fingerprint density at radius 1 is 1.33 bits per heavy atom. The second-order valence-electron chi connectivity index (χ2n) is 6.82. The molecule has 1 aliphatic rings. The third kappa shape index (κ3) is 3.07. The first kappa shape index (κ1) is 16.7. The van der Waals surface area contributed by atoms with Crippen LogP contribution in [0.5, 0.6) is 0 Å². The highest BCUT2D eigenvalue weighted by atomic mass is 16.2. The molecule has 128 valence electrons. The van der Waals surface area contributed by atoms with Crippen molar-refractivity contribution in [1.29, 1.82) is 0 Å². The van der Waals surface area contributed by atoms with Crippen LogP contribution in [0.25, 0.3) is 11.0 Å². The lowest BCUT2D eigenvalue weighted by Crippen LogP contribution is -2.42. The third-order valence-corrected chi connectivity index (χ3v) is 5.07. The molecule has 2 atom stereocenters. The predicted octanol–water partition coefficient (Wildman–Crippen LogP) is 3.03. The summed E-state index contributed by atoms with van der Waals surface area (Å²) < 4.78 is 1.88. The highest BCUT2D eigenvalue weighted by molar-refractivity contribution is 5.97. The number of carbonyl (C=O) groups is 1. The molecule has 0 radical (unpaired) electrons. The molecule has 0 aliphatic heterocycles. The number of carbonyl (C=O) groups excluding carboxylic acids is 1. The average Bonchev–Trinajstić information content (AvgIpc) is 2.57. The Hall–Kier alpha value is -2.17. The number of pyridine rings is 2. The van der Waals surface area contributed by atoms with E-state index in [9.17, 15) is 9.59 Å². The van der Waals surface area contributed by atoms with Gasteiger partial charge < -0.3 is 9.88 Å². The van der Waals surface area contributed by atoms with Crippen molar-refractivity contribution in [3.8, 4) is 0 Å². The first-order valence-corrected chi connectivity index (χ1v) is 8.83. The normalized spacial score (nSPS) is 21.0. The molecule has 1 saturated carbocycles. The van der Waals surface area contributed by atoms with Gasteiger partial charge in [0.05, 0.1) is 5.39 Å². The van der Waals surface area contributed by atoms with Crippen molar-refractivity contribution in [3.05, 3.63) is 39.8 Å². The van der Waals surface area contributed by atoms with Crippen LogP contribution in [0.3, 0.4) is 0 Å². The zero-order valence-corrected chi connectivity index (χ0v) is 14.6. The van der Waals surface area contributed by atoms with Gasteiger partial charge in [-0.25, -0.2) is 4.98 Å². The summed E-state index contributed by atoms with van der Waals surface area (Å²) >= 11 is 0. The molecule has 5 heteroatoms. The van der Waals surface area contributed by atoms with Gasteiger partial charge in [0.15, 0.2) is 0 Å². The molecule has 5 nitrogen and oxygen atoms in total. The molecule has 1 N–H and O–H groups in total. The fourth-order valence-electron chi connectivity index (χ4n) is 3.54. The van der Waals surface area contributed by atoms with Crippen molar-refractivity contribution in [2.45, 2.75) is 59.0 Å². The Labute approximate surface area is 142 Å². The summed E-state index contributed by atoms with van der Waals surface area (Å²) in [4.78, 5) is 29.9. The van der Waals surface area contributed by atoms with Crippen LogP contribution in [0.2, 0.25) is 0 Å². The summed E-state index contributed by atoms with van der Waals surface area (Å²) in [6.07, 6.45) is 6.13. The fourth-order valence-corrected chi connectivity index (χ4v) is 3.54. The minimum Gasteiger partial charge on any atom is -0.349 e. The van der Waals surface area contributed by atoms with Gasteiger partial charge in [-0.2, -0.15) is 0 Å². The molecule has 0 aromatic carbocycles. The molecule has 24 heavy (non-hydrogen) atoms. The predicted molar refractivity (Wildman–Crippen MR) is 95.3 cm³/mol. The number of nitrogens with one attached hydrogen (secondary N) is 1. The van der Waals surface area contributed by atoms with E-state index in [0.717, 1.165) is 25.0 Å². The monoisotopic (exact) mass is 327 g/mol. The van der Waals surface area contributed by atoms with Gasteiger partial charge in [0, 0.05) is 24.5 Å². The molecular weight excluding hydrogens is 302 g/mol. The molecule has 2 heterocycles. The van der Waals surface area contributed by atoms with Crippen LogP contribution in [0, 0.1) is 12.8 Å². The lowest BCUT2D eigenvalue weighted by molar-refractivity contribution is 0.0908. The third-order valence-electron chi connectivity index (χ3n) is 5.07. The molecule has 1 fully saturated rings. The van der Waals surface area contributed by atoms with Crippen molar-refractivity contribution >= 4 is 16.9 Å². The number of rotatable bonds is 3. The van der Waals surface area contributed by atoms with Crippen LogP contribution < -0.4 is 10.7 Å². The first-order valence-electron chi connectivity index (χ1n) is 8.83. The maximum atomic E-state index is 12.8. The van der Waals surface area contributed by atoms with Gasteiger partial charge in [0.1, 0.15) is 11.2 Å². The Balaban J connectivity index is 1.99. The van der Waals surface area contributed by atoms with E-state index in [1.165, 1.54) is 6.42 Å². The molecule has 3 rings (SSSR count). The number of aryl methyl sites for hydroxylation is 2. The number of nitrogens with zero attached hydrogens (tertiary/aromatic N) is 2. The lowest BCUT2D eigenvalue weighted by Gasteiger charge is -2.29. The number of fused-ring (bicyclic) bond motifs is 1. The Morgan fingerprint density at radius 3 is 2.79 bits per heavy atom. The highest BCUT2D eigenvalue weighted by Crippen LogP contribution is 2.24. The number of hydrogen-bond donors (Lipinski definition) is 1. The van der Waals surface area contributed by atoms with Crippen molar-refractivity contribution < 1.29 is 4.79 Å². The van der Waals surface area contributed by atoms with Crippen LogP contribution in [0.1, 0.15) is 55.6 Å². The van der Waals surface area contributed by atoms with E-state index in [0.29, 0.717) is 23.5 Å². The van der Waals surface area contributed by atoms with Gasteiger partial charge in [-0.15, -0.1) is 0 Å². The smallest absolute Gasteiger partial charge is 0.257 e. The van der Waals surface area contributed by atoms with Gasteiger partial charge in [-0.05, 0) is 44.7 Å². The van der Waals surface area contributed by atoms with Gasteiger partial charge >= 0.3 is 0 Å². The Kier molecular flexibility index (Phi) is 4.69. The summed E-state index contributed by atoms with van der Waals surface area (Å²) in [6, 6.07) is 3.74. The second-order valence-corrected chi connectivity index (χ2v) is 6.82. The van der Waals surface area contributed by atoms with Crippen LogP contribution in [-0.4, -0.2) is 21.5 Å². The molecular formula is C19H25N3O2. The van der Waals surface area contributed by atoms with Gasteiger partial charge in [0.2, 0.25) is 5.43 Å². The van der Waals surface area contributed by atoms with E-state index in [1.54, 1.807) is 12.3 Å². The van der Waals surface area contributed by atoms with E-state index >= 15 is 0 Å². The van der Waals surface area contributed by atoms with E-state index < -0.39 is 0 Å². The molecule has 1 aliphatic carbocycles. The number of aromatic nitrogens is 2. The molecule has 2 aromatic heterocycles. The molecule has 0 unspecified atom stereocenters. The summed E-state index contributed by atoms with van der Waals surface area (Å²) in [7, 11) is 0. The summed E-state index contributed by atoms with van der Waals surface area (Å²) in [5.41, 5.74) is 1.48. The van der Waals surface area contributed by atoms with Crippen molar-refractivity contribution in [3.63, 3.8) is 0 Å². The Bertz CT molecular complexity index is 825. The molecule has 1 amide bonds. The fraction of sp³-hybridized carbons (Fsp3) is 0.526. The topological polar surface area (TPSA) is 64.0 Å². The standard InChI is InChI=1S/C19H25N3O2/c1-4-22-11-15(17(23)14-10-9-13(3)20-18(14)22)19(24)21-16-8-6-5-7-12(16)2/h9-12,16H,4-8H2,1-3H3,(H,21,24)/t12-,16+/m0/s1. The van der Waals surface area contributed by atoms with E-state index in [2.05, 4.69) is 17.2 Å². The van der Waals surface area contributed by atoms with Crippen molar-refractivity contribution in [2.24, 2.45) is 5.92 Å². The second kappa shape index (κ2) is 6.75. The van der Waals surface area contributed by atoms with Crippen molar-refractivity contribution in [1.82, 2.24) is 14.9 Å². The SMILES string of the molecule is CCn1cc(C(=O)N[C@@H]2CCCC[C@@H]2C)c(=O)c2ccc(C)nc21. The molecule has 0 spiro atoms. The lowest BCUT2D eigenvalue weighted by atomic mass is 9.86. The van der Waals surface area contributed by atoms with Crippen LogP contribution in [-0.2, 0) is 6.54 Å². The zero-order valence-electron chi connectivity index (χ0n) is 14.6. The quantitative estimate of drug-likeness (QED) is 0.942. The largest absolute Gasteiger partial charge is 0.349 e. The van der Waals surface area contributed by atoms with Gasteiger partial charge in [-0.1, -0.05) is 19.8 Å². The highest BCUT2D eigenvalue weighted by Gasteiger charge is 2.25. The summed E-state index contributed by atoms with van der Waals surface area (Å²) in [5, 5.41) is 3.59. The molecule has 0 bridgehead atoms. The molecule has 2 aromatic rings. The summed E-state index contributed by atoms with van der Waals surface area (Å²) in [6.45, 7) is 6.71. The Morgan fingerprint density at radius 2 is 2.08 bits per heavy atom. The number of hydrogen-bond acceptors (Lipinski definition) is 3. The first-order chi connectivity index (χ1) is 11.5. The van der Waals surface area contributed by atoms with Crippen LogP contribution in [0.15, 0.2) is 23.1 Å². The van der Waals surface area contributed by atoms with Gasteiger partial charge in [-0.3, -0.25) is 9.59 Å².